The van der Waals surface area contributed by atoms with E-state index in [0.29, 0.717) is 10.9 Å². The van der Waals surface area contributed by atoms with Crippen molar-refractivity contribution in [2.45, 2.75) is 20.8 Å². The Morgan fingerprint density at radius 3 is 2.35 bits per heavy atom. The summed E-state index contributed by atoms with van der Waals surface area (Å²) in [5.74, 6) is -0.0373. The molecular formula is C14H18N4OS. The SMILES string of the molecule is CSC(=Nc1ccc(NC(=O)C(C)(C)C)cc1)NC#N. The van der Waals surface area contributed by atoms with Crippen molar-refractivity contribution in [1.29, 1.82) is 5.26 Å². The summed E-state index contributed by atoms with van der Waals surface area (Å²) in [7, 11) is 0. The van der Waals surface area contributed by atoms with E-state index in [1.807, 2.05) is 33.2 Å². The van der Waals surface area contributed by atoms with E-state index >= 15 is 0 Å². The average molecular weight is 290 g/mol. The second-order valence-electron chi connectivity index (χ2n) is 5.11. The van der Waals surface area contributed by atoms with Gasteiger partial charge in [0.1, 0.15) is 0 Å². The van der Waals surface area contributed by atoms with Gasteiger partial charge in [-0.1, -0.05) is 32.5 Å². The minimum Gasteiger partial charge on any atom is -0.326 e. The van der Waals surface area contributed by atoms with Gasteiger partial charge >= 0.3 is 0 Å². The molecule has 0 aliphatic carbocycles. The van der Waals surface area contributed by atoms with Gasteiger partial charge in [0.25, 0.3) is 0 Å². The van der Waals surface area contributed by atoms with E-state index in [4.69, 9.17) is 5.26 Å². The Labute approximate surface area is 123 Å². The third-order valence-corrected chi connectivity index (χ3v) is 2.97. The number of nitrogens with one attached hydrogen (secondary N) is 2. The minimum absolute atomic E-state index is 0.0373. The molecule has 1 amide bonds. The van der Waals surface area contributed by atoms with Crippen molar-refractivity contribution in [1.82, 2.24) is 5.32 Å². The number of amidine groups is 1. The van der Waals surface area contributed by atoms with Crippen LogP contribution in [-0.4, -0.2) is 17.3 Å². The molecule has 2 N–H and O–H groups in total. The number of amides is 1. The number of rotatable bonds is 2. The molecule has 5 nitrogen and oxygen atoms in total. The maximum atomic E-state index is 11.8. The maximum absolute atomic E-state index is 11.8. The number of carbonyl (C=O) groups excluding carboxylic acids is 1. The molecule has 0 atom stereocenters. The Kier molecular flexibility index (Phi) is 5.59. The van der Waals surface area contributed by atoms with Crippen molar-refractivity contribution in [2.75, 3.05) is 11.6 Å². The Morgan fingerprint density at radius 2 is 1.90 bits per heavy atom. The summed E-state index contributed by atoms with van der Waals surface area (Å²) in [6.45, 7) is 5.58. The molecular weight excluding hydrogens is 272 g/mol. The van der Waals surface area contributed by atoms with Gasteiger partial charge in [-0.2, -0.15) is 5.26 Å². The van der Waals surface area contributed by atoms with Crippen LogP contribution in [-0.2, 0) is 4.79 Å². The van der Waals surface area contributed by atoms with E-state index in [2.05, 4.69) is 15.6 Å². The third kappa shape index (κ3) is 4.94. The molecule has 0 aliphatic rings. The van der Waals surface area contributed by atoms with E-state index in [1.165, 1.54) is 11.8 Å². The molecule has 0 heterocycles. The van der Waals surface area contributed by atoms with Gasteiger partial charge in [-0.15, -0.1) is 0 Å². The van der Waals surface area contributed by atoms with Crippen molar-refractivity contribution in [3.63, 3.8) is 0 Å². The summed E-state index contributed by atoms with van der Waals surface area (Å²) in [6, 6.07) is 7.14. The highest BCUT2D eigenvalue weighted by Crippen LogP contribution is 2.20. The van der Waals surface area contributed by atoms with Gasteiger partial charge in [0.15, 0.2) is 11.4 Å². The van der Waals surface area contributed by atoms with E-state index in [1.54, 1.807) is 24.3 Å². The molecule has 0 aliphatic heterocycles. The first-order valence-electron chi connectivity index (χ1n) is 6.06. The number of thioether (sulfide) groups is 1. The lowest BCUT2D eigenvalue weighted by Crippen LogP contribution is -2.27. The number of aliphatic imine (C=N–C) groups is 1. The van der Waals surface area contributed by atoms with Crippen molar-refractivity contribution in [3.8, 4) is 6.19 Å². The van der Waals surface area contributed by atoms with E-state index in [0.717, 1.165) is 5.69 Å². The molecule has 0 radical (unpaired) electrons. The van der Waals surface area contributed by atoms with Crippen LogP contribution in [0.2, 0.25) is 0 Å². The topological polar surface area (TPSA) is 77.3 Å². The summed E-state index contributed by atoms with van der Waals surface area (Å²) in [6.07, 6.45) is 3.67. The smallest absolute Gasteiger partial charge is 0.229 e. The molecule has 0 saturated carbocycles. The molecule has 0 bridgehead atoms. The van der Waals surface area contributed by atoms with Crippen LogP contribution in [0.4, 0.5) is 11.4 Å². The molecule has 20 heavy (non-hydrogen) atoms. The van der Waals surface area contributed by atoms with E-state index in [-0.39, 0.29) is 5.91 Å². The first-order chi connectivity index (χ1) is 9.36. The molecule has 1 aromatic rings. The predicted molar refractivity (Wildman–Crippen MR) is 83.9 cm³/mol. The summed E-state index contributed by atoms with van der Waals surface area (Å²) in [5, 5.41) is 14.4. The van der Waals surface area contributed by atoms with E-state index < -0.39 is 5.41 Å². The van der Waals surface area contributed by atoms with Gasteiger partial charge in [0, 0.05) is 11.1 Å². The fourth-order valence-electron chi connectivity index (χ4n) is 1.23. The van der Waals surface area contributed by atoms with Crippen molar-refractivity contribution in [3.05, 3.63) is 24.3 Å². The third-order valence-electron chi connectivity index (χ3n) is 2.39. The predicted octanol–water partition coefficient (Wildman–Crippen LogP) is 3.09. The van der Waals surface area contributed by atoms with Gasteiger partial charge in [-0.25, -0.2) is 4.99 Å². The second kappa shape index (κ2) is 6.96. The monoisotopic (exact) mass is 290 g/mol. The Hall–Kier alpha value is -2.00. The summed E-state index contributed by atoms with van der Waals surface area (Å²) < 4.78 is 0. The second-order valence-corrected chi connectivity index (χ2v) is 5.90. The molecule has 0 spiro atoms. The lowest BCUT2D eigenvalue weighted by Gasteiger charge is -2.17. The lowest BCUT2D eigenvalue weighted by molar-refractivity contribution is -0.123. The highest BCUT2D eigenvalue weighted by molar-refractivity contribution is 8.13. The fourth-order valence-corrected chi connectivity index (χ4v) is 1.57. The summed E-state index contributed by atoms with van der Waals surface area (Å²) in [4.78, 5) is 16.1. The van der Waals surface area contributed by atoms with Crippen LogP contribution in [0.15, 0.2) is 29.3 Å². The van der Waals surface area contributed by atoms with Crippen LogP contribution in [0.5, 0.6) is 0 Å². The standard InChI is InChI=1S/C14H18N4OS/c1-14(2,3)12(19)17-10-5-7-11(8-6-10)18-13(20-4)16-9-15/h5-8H,1-4H3,(H,16,18)(H,17,19). The number of anilines is 1. The van der Waals surface area contributed by atoms with Crippen LogP contribution in [0.1, 0.15) is 20.8 Å². The first-order valence-corrected chi connectivity index (χ1v) is 7.28. The number of nitriles is 1. The molecule has 1 aromatic carbocycles. The molecule has 0 saturated heterocycles. The molecule has 1 rings (SSSR count). The molecule has 0 aromatic heterocycles. The normalized spacial score (nSPS) is 11.7. The number of carbonyl (C=O) groups is 1. The zero-order chi connectivity index (χ0) is 15.2. The zero-order valence-electron chi connectivity index (χ0n) is 12.0. The first kappa shape index (κ1) is 16.1. The number of hydrogen-bond acceptors (Lipinski definition) is 4. The summed E-state index contributed by atoms with van der Waals surface area (Å²) in [5.41, 5.74) is 1.01. The van der Waals surface area contributed by atoms with Crippen LogP contribution in [0.3, 0.4) is 0 Å². The molecule has 6 heteroatoms. The van der Waals surface area contributed by atoms with Crippen LogP contribution >= 0.6 is 11.8 Å². The van der Waals surface area contributed by atoms with Crippen molar-refractivity contribution >= 4 is 34.2 Å². The van der Waals surface area contributed by atoms with Crippen molar-refractivity contribution in [2.24, 2.45) is 10.4 Å². The van der Waals surface area contributed by atoms with Crippen LogP contribution in [0.25, 0.3) is 0 Å². The van der Waals surface area contributed by atoms with Crippen molar-refractivity contribution < 1.29 is 4.79 Å². The van der Waals surface area contributed by atoms with Gasteiger partial charge in [-0.3, -0.25) is 10.1 Å². The van der Waals surface area contributed by atoms with Crippen LogP contribution in [0, 0.1) is 16.9 Å². The maximum Gasteiger partial charge on any atom is 0.229 e. The molecule has 106 valence electrons. The van der Waals surface area contributed by atoms with Gasteiger partial charge in [-0.05, 0) is 30.5 Å². The van der Waals surface area contributed by atoms with Gasteiger partial charge in [0.05, 0.1) is 5.69 Å². The molecule has 0 unspecified atom stereocenters. The zero-order valence-corrected chi connectivity index (χ0v) is 12.8. The summed E-state index contributed by atoms with van der Waals surface area (Å²) >= 11 is 1.35. The number of nitrogens with zero attached hydrogens (tertiary/aromatic N) is 2. The Bertz CT molecular complexity index is 538. The fraction of sp³-hybridized carbons (Fsp3) is 0.357. The van der Waals surface area contributed by atoms with Gasteiger partial charge < -0.3 is 5.32 Å². The van der Waals surface area contributed by atoms with E-state index in [9.17, 15) is 4.79 Å². The molecule has 0 fully saturated rings. The highest BCUT2D eigenvalue weighted by atomic mass is 32.2. The number of hydrogen-bond donors (Lipinski definition) is 2. The lowest BCUT2D eigenvalue weighted by atomic mass is 9.95. The minimum atomic E-state index is -0.431. The van der Waals surface area contributed by atoms with Gasteiger partial charge in [0.2, 0.25) is 5.91 Å². The largest absolute Gasteiger partial charge is 0.326 e. The average Bonchev–Trinajstić information content (AvgIpc) is 2.39. The Balaban J connectivity index is 2.80. The Morgan fingerprint density at radius 1 is 1.30 bits per heavy atom. The van der Waals surface area contributed by atoms with Crippen LogP contribution < -0.4 is 10.6 Å². The number of benzene rings is 1. The quantitative estimate of drug-likeness (QED) is 0.380. The highest BCUT2D eigenvalue weighted by Gasteiger charge is 2.20.